The zero-order chi connectivity index (χ0) is 14.9. The first-order chi connectivity index (χ1) is 9.38. The van der Waals surface area contributed by atoms with Crippen LogP contribution in [0.5, 0.6) is 0 Å². The minimum absolute atomic E-state index is 0.0303. The smallest absolute Gasteiger partial charge is 0.129 e. The number of benzene rings is 2. The van der Waals surface area contributed by atoms with Crippen LogP contribution in [0.15, 0.2) is 34.8 Å². The summed E-state index contributed by atoms with van der Waals surface area (Å²) in [7, 11) is 0. The van der Waals surface area contributed by atoms with Crippen LogP contribution in [0.1, 0.15) is 16.5 Å². The van der Waals surface area contributed by atoms with Gasteiger partial charge >= 0.3 is 0 Å². The van der Waals surface area contributed by atoms with Crippen molar-refractivity contribution >= 4 is 39.1 Å². The molecule has 2 rings (SSSR count). The van der Waals surface area contributed by atoms with Crippen LogP contribution >= 0.6 is 39.1 Å². The molecule has 20 heavy (non-hydrogen) atoms. The SMILES string of the molecule is Fc1ccc(CC(Cl)c2cc(Cl)c(Br)cc2F)c(F)c1. The van der Waals surface area contributed by atoms with E-state index in [1.165, 1.54) is 18.2 Å². The normalized spacial score (nSPS) is 12.5. The van der Waals surface area contributed by atoms with Gasteiger partial charge in [-0.2, -0.15) is 0 Å². The molecule has 0 aliphatic rings. The van der Waals surface area contributed by atoms with E-state index in [2.05, 4.69) is 15.9 Å². The Labute approximate surface area is 132 Å². The maximum Gasteiger partial charge on any atom is 0.129 e. The number of halogens is 6. The first kappa shape index (κ1) is 15.7. The van der Waals surface area contributed by atoms with Gasteiger partial charge in [0.2, 0.25) is 0 Å². The zero-order valence-corrected chi connectivity index (χ0v) is 13.0. The van der Waals surface area contributed by atoms with Crippen LogP contribution < -0.4 is 0 Å². The van der Waals surface area contributed by atoms with Gasteiger partial charge in [-0.25, -0.2) is 13.2 Å². The highest BCUT2D eigenvalue weighted by Crippen LogP contribution is 2.33. The number of alkyl halides is 1. The quantitative estimate of drug-likeness (QED) is 0.447. The molecule has 0 N–H and O–H groups in total. The Bertz CT molecular complexity index is 647. The summed E-state index contributed by atoms with van der Waals surface area (Å²) in [4.78, 5) is 0. The Balaban J connectivity index is 2.28. The number of hydrogen-bond donors (Lipinski definition) is 0. The lowest BCUT2D eigenvalue weighted by Crippen LogP contribution is -2.02. The van der Waals surface area contributed by atoms with E-state index in [1.54, 1.807) is 0 Å². The van der Waals surface area contributed by atoms with Crippen molar-refractivity contribution in [2.75, 3.05) is 0 Å². The summed E-state index contributed by atoms with van der Waals surface area (Å²) >= 11 is 15.1. The predicted molar refractivity (Wildman–Crippen MR) is 77.8 cm³/mol. The van der Waals surface area contributed by atoms with Crippen molar-refractivity contribution in [3.8, 4) is 0 Å². The summed E-state index contributed by atoms with van der Waals surface area (Å²) in [6.07, 6.45) is 0.0303. The van der Waals surface area contributed by atoms with Crippen molar-refractivity contribution in [1.82, 2.24) is 0 Å². The van der Waals surface area contributed by atoms with Crippen LogP contribution in [0.4, 0.5) is 13.2 Å². The molecule has 0 heterocycles. The fourth-order valence-electron chi connectivity index (χ4n) is 1.77. The molecule has 0 radical (unpaired) electrons. The van der Waals surface area contributed by atoms with Gasteiger partial charge in [0.1, 0.15) is 17.5 Å². The van der Waals surface area contributed by atoms with Gasteiger partial charge < -0.3 is 0 Å². The molecule has 2 aromatic carbocycles. The Morgan fingerprint density at radius 2 is 1.75 bits per heavy atom. The lowest BCUT2D eigenvalue weighted by atomic mass is 10.0. The van der Waals surface area contributed by atoms with Crippen molar-refractivity contribution in [3.05, 3.63) is 68.4 Å². The molecule has 6 heteroatoms. The lowest BCUT2D eigenvalue weighted by Gasteiger charge is -2.13. The highest BCUT2D eigenvalue weighted by atomic mass is 79.9. The zero-order valence-electron chi connectivity index (χ0n) is 9.94. The van der Waals surface area contributed by atoms with E-state index in [0.29, 0.717) is 9.50 Å². The van der Waals surface area contributed by atoms with Crippen molar-refractivity contribution in [3.63, 3.8) is 0 Å². The van der Waals surface area contributed by atoms with E-state index in [-0.39, 0.29) is 17.5 Å². The van der Waals surface area contributed by atoms with E-state index >= 15 is 0 Å². The maximum absolute atomic E-state index is 13.8. The largest absolute Gasteiger partial charge is 0.207 e. The standard InChI is InChI=1S/C14H8BrCl2F3/c15-10-6-14(20)9(5-12(10)17)11(16)3-7-1-2-8(18)4-13(7)19/h1-2,4-6,11H,3H2. The molecule has 0 saturated heterocycles. The van der Waals surface area contributed by atoms with Crippen LogP contribution in [0.3, 0.4) is 0 Å². The fourth-order valence-corrected chi connectivity index (χ4v) is 2.59. The van der Waals surface area contributed by atoms with Crippen LogP contribution in [-0.2, 0) is 6.42 Å². The topological polar surface area (TPSA) is 0 Å². The molecule has 0 amide bonds. The summed E-state index contributed by atoms with van der Waals surface area (Å²) in [5, 5.41) is -0.493. The molecular weight excluding hydrogens is 376 g/mol. The second kappa shape index (κ2) is 6.37. The Kier molecular flexibility index (Phi) is 4.99. The van der Waals surface area contributed by atoms with Gasteiger partial charge in [0.05, 0.1) is 10.4 Å². The Morgan fingerprint density at radius 1 is 1.05 bits per heavy atom. The van der Waals surface area contributed by atoms with Crippen molar-refractivity contribution in [1.29, 1.82) is 0 Å². The van der Waals surface area contributed by atoms with Gasteiger partial charge in [0.25, 0.3) is 0 Å². The molecule has 0 nitrogen and oxygen atoms in total. The van der Waals surface area contributed by atoms with Crippen LogP contribution in [0.2, 0.25) is 5.02 Å². The molecule has 0 saturated carbocycles. The molecule has 1 unspecified atom stereocenters. The van der Waals surface area contributed by atoms with E-state index in [9.17, 15) is 13.2 Å². The van der Waals surface area contributed by atoms with E-state index < -0.39 is 22.8 Å². The van der Waals surface area contributed by atoms with Crippen molar-refractivity contribution in [2.24, 2.45) is 0 Å². The molecule has 2 aromatic rings. The highest BCUT2D eigenvalue weighted by Gasteiger charge is 2.18. The van der Waals surface area contributed by atoms with Gasteiger partial charge in [0, 0.05) is 16.1 Å². The molecule has 0 aromatic heterocycles. The number of hydrogen-bond acceptors (Lipinski definition) is 0. The summed E-state index contributed by atoms with van der Waals surface area (Å²) in [5.74, 6) is -1.92. The number of rotatable bonds is 3. The lowest BCUT2D eigenvalue weighted by molar-refractivity contribution is 0.567. The Morgan fingerprint density at radius 3 is 2.40 bits per heavy atom. The van der Waals surface area contributed by atoms with Gasteiger partial charge in [-0.15, -0.1) is 11.6 Å². The van der Waals surface area contributed by atoms with Gasteiger partial charge in [-0.3, -0.25) is 0 Å². The molecule has 0 bridgehead atoms. The van der Waals surface area contributed by atoms with Gasteiger partial charge in [-0.1, -0.05) is 17.7 Å². The summed E-state index contributed by atoms with van der Waals surface area (Å²) < 4.78 is 40.6. The Hall–Kier alpha value is -0.710. The highest BCUT2D eigenvalue weighted by molar-refractivity contribution is 9.10. The van der Waals surface area contributed by atoms with Crippen LogP contribution in [0, 0.1) is 17.5 Å². The molecule has 0 fully saturated rings. The first-order valence-electron chi connectivity index (χ1n) is 5.61. The molecule has 0 aliphatic heterocycles. The fraction of sp³-hybridized carbons (Fsp3) is 0.143. The van der Waals surface area contributed by atoms with Crippen molar-refractivity contribution in [2.45, 2.75) is 11.8 Å². The minimum atomic E-state index is -0.805. The second-order valence-corrected chi connectivity index (χ2v) is 5.98. The molecule has 0 spiro atoms. The third-order valence-electron chi connectivity index (χ3n) is 2.79. The average molecular weight is 384 g/mol. The monoisotopic (exact) mass is 382 g/mol. The average Bonchev–Trinajstić information content (AvgIpc) is 2.37. The van der Waals surface area contributed by atoms with E-state index in [4.69, 9.17) is 23.2 Å². The molecule has 1 atom stereocenters. The van der Waals surface area contributed by atoms with Gasteiger partial charge in [-0.05, 0) is 46.1 Å². The summed E-state index contributed by atoms with van der Waals surface area (Å²) in [6.45, 7) is 0. The molecule has 106 valence electrons. The van der Waals surface area contributed by atoms with Gasteiger partial charge in [0.15, 0.2) is 0 Å². The third-order valence-corrected chi connectivity index (χ3v) is 4.38. The summed E-state index contributed by atoms with van der Waals surface area (Å²) in [5.41, 5.74) is 0.383. The first-order valence-corrected chi connectivity index (χ1v) is 7.21. The van der Waals surface area contributed by atoms with Crippen LogP contribution in [-0.4, -0.2) is 0 Å². The minimum Gasteiger partial charge on any atom is -0.207 e. The van der Waals surface area contributed by atoms with E-state index in [1.807, 2.05) is 0 Å². The maximum atomic E-state index is 13.8. The van der Waals surface area contributed by atoms with E-state index in [0.717, 1.165) is 12.1 Å². The van der Waals surface area contributed by atoms with Crippen molar-refractivity contribution < 1.29 is 13.2 Å². The molecule has 0 aliphatic carbocycles. The second-order valence-electron chi connectivity index (χ2n) is 4.20. The summed E-state index contributed by atoms with van der Waals surface area (Å²) in [6, 6.07) is 5.78. The molecular formula is C14H8BrCl2F3. The predicted octanol–water partition coefficient (Wildman–Crippen LogP) is 6.04. The third kappa shape index (κ3) is 3.48. The van der Waals surface area contributed by atoms with Crippen LogP contribution in [0.25, 0.3) is 0 Å².